The van der Waals surface area contributed by atoms with Crippen molar-refractivity contribution in [1.29, 1.82) is 0 Å². The Hall–Kier alpha value is -3.35. The van der Waals surface area contributed by atoms with Gasteiger partial charge in [0, 0.05) is 25.6 Å². The van der Waals surface area contributed by atoms with Gasteiger partial charge in [-0.2, -0.15) is 4.39 Å². The summed E-state index contributed by atoms with van der Waals surface area (Å²) in [5, 5.41) is 7.66. The number of rotatable bonds is 15. The molecule has 184 valence electrons. The molecular weight excluding hydrogens is 439 g/mol. The quantitative estimate of drug-likeness (QED) is 0.160. The van der Waals surface area contributed by atoms with Crippen LogP contribution in [0.3, 0.4) is 0 Å². The van der Waals surface area contributed by atoms with Gasteiger partial charge in [0.1, 0.15) is 6.29 Å². The summed E-state index contributed by atoms with van der Waals surface area (Å²) in [4.78, 5) is 71.1. The molecule has 2 atom stereocenters. The summed E-state index contributed by atoms with van der Waals surface area (Å²) in [6.07, 6.45) is 5.69. The Balaban J connectivity index is 2.53. The molecule has 0 aliphatic carbocycles. The highest BCUT2D eigenvalue weighted by Gasteiger charge is 2.21. The van der Waals surface area contributed by atoms with Crippen LogP contribution >= 0.6 is 0 Å². The molecule has 0 bridgehead atoms. The van der Waals surface area contributed by atoms with Crippen LogP contribution in [0.4, 0.5) is 9.18 Å². The lowest BCUT2D eigenvalue weighted by atomic mass is 10.0. The lowest BCUT2D eigenvalue weighted by Crippen LogP contribution is -2.49. The van der Waals surface area contributed by atoms with Gasteiger partial charge < -0.3 is 26.5 Å². The highest BCUT2D eigenvalue weighted by molar-refractivity contribution is 5.87. The fourth-order valence-electron chi connectivity index (χ4n) is 2.97. The number of H-pyrrole nitrogens is 1. The smallest absolute Gasteiger partial charge is 0.336 e. The van der Waals surface area contributed by atoms with E-state index in [1.165, 1.54) is 0 Å². The van der Waals surface area contributed by atoms with Crippen molar-refractivity contribution < 1.29 is 23.6 Å². The van der Waals surface area contributed by atoms with Crippen molar-refractivity contribution >= 4 is 24.1 Å². The van der Waals surface area contributed by atoms with Crippen LogP contribution in [0.5, 0.6) is 0 Å². The number of unbranched alkanes of at least 4 members (excludes halogenated alkanes) is 3. The largest absolute Gasteiger partial charge is 0.370 e. The van der Waals surface area contributed by atoms with Crippen LogP contribution in [-0.2, 0) is 14.4 Å². The van der Waals surface area contributed by atoms with Crippen LogP contribution in [0.2, 0.25) is 0 Å². The van der Waals surface area contributed by atoms with E-state index in [0.29, 0.717) is 17.2 Å². The molecule has 1 aromatic heterocycles. The number of carbonyl (C=O) groups is 4. The molecule has 1 unspecified atom stereocenters. The van der Waals surface area contributed by atoms with E-state index in [1.807, 2.05) is 0 Å². The normalized spacial score (nSPS) is 12.5. The first-order chi connectivity index (χ1) is 15.7. The number of hydrogen-bond acceptors (Lipinski definition) is 7. The van der Waals surface area contributed by atoms with Gasteiger partial charge in [-0.05, 0) is 6.42 Å². The summed E-state index contributed by atoms with van der Waals surface area (Å²) in [5.74, 6) is -2.88. The SMILES string of the molecule is CCCCCCC(C=O)CN[C@H](CC(N)=O)C(=O)NCCNC(=O)n1cc(F)c(=O)[nH]c1=O. The van der Waals surface area contributed by atoms with E-state index in [-0.39, 0.29) is 32.0 Å². The Bertz CT molecular complexity index is 930. The van der Waals surface area contributed by atoms with E-state index in [9.17, 15) is 33.2 Å². The van der Waals surface area contributed by atoms with Crippen LogP contribution in [0.1, 0.15) is 45.4 Å². The topological polar surface area (TPSA) is 185 Å². The summed E-state index contributed by atoms with van der Waals surface area (Å²) in [7, 11) is 0. The first-order valence-electron chi connectivity index (χ1n) is 10.7. The maximum absolute atomic E-state index is 13.3. The van der Waals surface area contributed by atoms with Gasteiger partial charge in [-0.15, -0.1) is 0 Å². The zero-order valence-electron chi connectivity index (χ0n) is 18.5. The average molecular weight is 471 g/mol. The summed E-state index contributed by atoms with van der Waals surface area (Å²) >= 11 is 0. The number of aromatic amines is 1. The maximum atomic E-state index is 13.3. The van der Waals surface area contributed by atoms with E-state index in [4.69, 9.17) is 5.73 Å². The van der Waals surface area contributed by atoms with Crippen molar-refractivity contribution in [2.45, 2.75) is 51.5 Å². The molecule has 0 radical (unpaired) electrons. The van der Waals surface area contributed by atoms with Crippen molar-refractivity contribution in [3.05, 3.63) is 32.9 Å². The molecule has 6 N–H and O–H groups in total. The second kappa shape index (κ2) is 14.7. The first-order valence-corrected chi connectivity index (χ1v) is 10.7. The van der Waals surface area contributed by atoms with E-state index in [2.05, 4.69) is 22.9 Å². The highest BCUT2D eigenvalue weighted by atomic mass is 19.1. The molecule has 3 amide bonds. The number of carbonyl (C=O) groups excluding carboxylic acids is 4. The highest BCUT2D eigenvalue weighted by Crippen LogP contribution is 2.09. The summed E-state index contributed by atoms with van der Waals surface area (Å²) < 4.78 is 13.6. The lowest BCUT2D eigenvalue weighted by molar-refractivity contribution is -0.127. The van der Waals surface area contributed by atoms with Gasteiger partial charge in [-0.25, -0.2) is 14.2 Å². The van der Waals surface area contributed by atoms with Crippen LogP contribution < -0.4 is 32.9 Å². The third kappa shape index (κ3) is 10.2. The predicted octanol–water partition coefficient (Wildman–Crippen LogP) is -1.03. The fourth-order valence-corrected chi connectivity index (χ4v) is 2.97. The van der Waals surface area contributed by atoms with E-state index >= 15 is 0 Å². The minimum absolute atomic E-state index is 0.0732. The van der Waals surface area contributed by atoms with Gasteiger partial charge in [-0.3, -0.25) is 19.4 Å². The number of aldehydes is 1. The fraction of sp³-hybridized carbons (Fsp3) is 0.600. The Morgan fingerprint density at radius 3 is 2.52 bits per heavy atom. The molecule has 12 nitrogen and oxygen atoms in total. The van der Waals surface area contributed by atoms with Gasteiger partial charge in [0.15, 0.2) is 0 Å². The summed E-state index contributed by atoms with van der Waals surface area (Å²) in [6, 6.07) is -1.97. The predicted molar refractivity (Wildman–Crippen MR) is 117 cm³/mol. The van der Waals surface area contributed by atoms with Crippen molar-refractivity contribution in [3.63, 3.8) is 0 Å². The molecule has 0 aliphatic rings. The molecule has 0 spiro atoms. The third-order valence-electron chi connectivity index (χ3n) is 4.79. The van der Waals surface area contributed by atoms with Gasteiger partial charge in [0.2, 0.25) is 17.6 Å². The minimum atomic E-state index is -1.31. The molecule has 1 rings (SSSR count). The first kappa shape index (κ1) is 27.7. The zero-order valence-corrected chi connectivity index (χ0v) is 18.5. The minimum Gasteiger partial charge on any atom is -0.370 e. The zero-order chi connectivity index (χ0) is 24.8. The van der Waals surface area contributed by atoms with E-state index in [0.717, 1.165) is 32.0 Å². The number of primary amides is 1. The van der Waals surface area contributed by atoms with Crippen molar-refractivity contribution in [2.24, 2.45) is 11.7 Å². The number of amides is 3. The van der Waals surface area contributed by atoms with Crippen molar-refractivity contribution in [2.75, 3.05) is 19.6 Å². The van der Waals surface area contributed by atoms with Crippen LogP contribution in [-0.4, -0.2) is 59.4 Å². The van der Waals surface area contributed by atoms with E-state index in [1.54, 1.807) is 4.98 Å². The van der Waals surface area contributed by atoms with Crippen molar-refractivity contribution in [3.8, 4) is 0 Å². The van der Waals surface area contributed by atoms with Gasteiger partial charge in [0.25, 0.3) is 5.56 Å². The molecular formula is C20H31FN6O6. The third-order valence-corrected chi connectivity index (χ3v) is 4.79. The Labute approximate surface area is 189 Å². The average Bonchev–Trinajstić information content (AvgIpc) is 2.77. The summed E-state index contributed by atoms with van der Waals surface area (Å²) in [5.41, 5.74) is 2.84. The lowest BCUT2D eigenvalue weighted by Gasteiger charge is -2.19. The van der Waals surface area contributed by atoms with Gasteiger partial charge >= 0.3 is 11.7 Å². The monoisotopic (exact) mass is 470 g/mol. The van der Waals surface area contributed by atoms with Gasteiger partial charge in [-0.1, -0.05) is 32.6 Å². The molecule has 1 aromatic rings. The Morgan fingerprint density at radius 1 is 1.18 bits per heavy atom. The van der Waals surface area contributed by atoms with Gasteiger partial charge in [0.05, 0.1) is 18.7 Å². The number of nitrogens with one attached hydrogen (secondary N) is 4. The molecule has 0 saturated heterocycles. The van der Waals surface area contributed by atoms with Crippen LogP contribution in [0.15, 0.2) is 15.8 Å². The molecule has 33 heavy (non-hydrogen) atoms. The molecule has 0 aliphatic heterocycles. The summed E-state index contributed by atoms with van der Waals surface area (Å²) in [6.45, 7) is 2.09. The molecule has 13 heteroatoms. The standard InChI is InChI=1S/C20H31FN6O6/c1-2-3-4-5-6-13(12-28)10-25-15(9-16(22)29)18(31)23-7-8-24-19(32)27-11-14(21)17(30)26-20(27)33/h11-13,15,25H,2-10H2,1H3,(H2,22,29)(H,23,31)(H,24,32)(H,26,30,33)/t13?,15-/m1/s1. The van der Waals surface area contributed by atoms with Crippen LogP contribution in [0, 0.1) is 11.7 Å². The van der Waals surface area contributed by atoms with Crippen LogP contribution in [0.25, 0.3) is 0 Å². The second-order valence-corrected chi connectivity index (χ2v) is 7.51. The van der Waals surface area contributed by atoms with Crippen molar-refractivity contribution in [1.82, 2.24) is 25.5 Å². The number of hydrogen-bond donors (Lipinski definition) is 5. The van der Waals surface area contributed by atoms with E-state index < -0.39 is 41.0 Å². The number of halogens is 1. The molecule has 0 aromatic carbocycles. The molecule has 1 heterocycles. The second-order valence-electron chi connectivity index (χ2n) is 7.51. The number of nitrogens with two attached hydrogens (primary N) is 1. The number of nitrogens with zero attached hydrogens (tertiary/aromatic N) is 1. The molecule has 0 saturated carbocycles. The Morgan fingerprint density at radius 2 is 1.88 bits per heavy atom. The number of aromatic nitrogens is 2. The maximum Gasteiger partial charge on any atom is 0.336 e. The Kier molecular flexibility index (Phi) is 12.3. The molecule has 0 fully saturated rings.